The van der Waals surface area contributed by atoms with Crippen LogP contribution < -0.4 is 14.5 Å². The van der Waals surface area contributed by atoms with E-state index in [9.17, 15) is 0 Å². The number of ether oxygens (including phenoxy) is 1. The highest BCUT2D eigenvalue weighted by Crippen LogP contribution is 2.58. The third kappa shape index (κ3) is 3.26. The molecule has 0 aromatic heterocycles. The largest absolute Gasteiger partial charge is 0.457 e. The summed E-state index contributed by atoms with van der Waals surface area (Å²) in [4.78, 5) is 5.77. The van der Waals surface area contributed by atoms with Gasteiger partial charge in [0.2, 0.25) is 0 Å². The van der Waals surface area contributed by atoms with Gasteiger partial charge in [-0.15, -0.1) is 0 Å². The van der Waals surface area contributed by atoms with E-state index in [-0.39, 0.29) is 5.41 Å². The Hall–Kier alpha value is -2.85. The van der Waals surface area contributed by atoms with Crippen molar-refractivity contribution in [1.82, 2.24) is 0 Å². The summed E-state index contributed by atoms with van der Waals surface area (Å²) < 4.78 is 6.68. The van der Waals surface area contributed by atoms with E-state index in [1.165, 1.54) is 33.6 Å². The van der Waals surface area contributed by atoms with Crippen molar-refractivity contribution in [2.75, 3.05) is 36.0 Å². The molecule has 0 atom stereocenters. The predicted octanol–water partition coefficient (Wildman–Crippen LogP) is 6.94. The molecule has 1 spiro atoms. The topological polar surface area (TPSA) is 15.7 Å². The number of thiocarbonyl (C=S) groups is 1. The molecule has 0 N–H and O–H groups in total. The molecule has 0 radical (unpaired) electrons. The summed E-state index contributed by atoms with van der Waals surface area (Å²) in [6.45, 7) is 12.7. The molecule has 1 aliphatic heterocycles. The van der Waals surface area contributed by atoms with Crippen LogP contribution in [0.1, 0.15) is 56.4 Å². The highest BCUT2D eigenvalue weighted by Gasteiger charge is 2.49. The number of nitrogens with zero attached hydrogens (tertiary/aromatic N) is 2. The number of anilines is 2. The van der Waals surface area contributed by atoms with Gasteiger partial charge in [-0.25, -0.2) is 0 Å². The third-order valence-corrected chi connectivity index (χ3v) is 7.80. The van der Waals surface area contributed by atoms with Crippen molar-refractivity contribution in [3.63, 3.8) is 0 Å². The number of hydrogen-bond donors (Lipinski definition) is 0. The molecule has 0 fully saturated rings. The Morgan fingerprint density at radius 2 is 1.24 bits per heavy atom. The van der Waals surface area contributed by atoms with Crippen molar-refractivity contribution >= 4 is 28.5 Å². The molecule has 0 unspecified atom stereocenters. The van der Waals surface area contributed by atoms with Crippen LogP contribution in [-0.4, -0.2) is 31.0 Å². The summed E-state index contributed by atoms with van der Waals surface area (Å²) in [5.41, 5.74) is 7.03. The van der Waals surface area contributed by atoms with E-state index in [0.717, 1.165) is 49.0 Å². The maximum atomic E-state index is 6.68. The van der Waals surface area contributed by atoms with E-state index in [1.807, 2.05) is 0 Å². The highest BCUT2D eigenvalue weighted by atomic mass is 32.1. The highest BCUT2D eigenvalue weighted by molar-refractivity contribution is 7.80. The number of hydrogen-bond acceptors (Lipinski definition) is 4. The van der Waals surface area contributed by atoms with Gasteiger partial charge >= 0.3 is 0 Å². The first-order valence-electron chi connectivity index (χ1n) is 12.2. The molecular formula is C29H32N2OS. The Morgan fingerprint density at radius 3 is 1.76 bits per heavy atom. The molecule has 1 heterocycles. The lowest BCUT2D eigenvalue weighted by Crippen LogP contribution is -2.31. The average Bonchev–Trinajstić information content (AvgIpc) is 3.13. The fraction of sp³-hybridized carbons (Fsp3) is 0.345. The van der Waals surface area contributed by atoms with Crippen LogP contribution in [0.15, 0.2) is 60.7 Å². The minimum atomic E-state index is -0.305. The minimum Gasteiger partial charge on any atom is -0.457 e. The quantitative estimate of drug-likeness (QED) is 0.373. The fourth-order valence-electron chi connectivity index (χ4n) is 5.74. The van der Waals surface area contributed by atoms with Gasteiger partial charge in [0.15, 0.2) is 0 Å². The Labute approximate surface area is 203 Å². The summed E-state index contributed by atoms with van der Waals surface area (Å²) in [5, 5.41) is 0. The molecule has 1 aliphatic carbocycles. The lowest BCUT2D eigenvalue weighted by atomic mass is 9.68. The first kappa shape index (κ1) is 22.0. The molecule has 33 heavy (non-hydrogen) atoms. The molecule has 0 bridgehead atoms. The maximum Gasteiger partial charge on any atom is 0.133 e. The Kier molecular flexibility index (Phi) is 5.65. The SMILES string of the molecule is CCN(CC)c1ccc2c(c1)Oc1cc(N(CC)CC)ccc1C21CC(=S)c2ccccc21. The zero-order valence-electron chi connectivity index (χ0n) is 20.0. The van der Waals surface area contributed by atoms with Crippen LogP contribution in [0, 0.1) is 0 Å². The lowest BCUT2D eigenvalue weighted by molar-refractivity contribution is 0.424. The van der Waals surface area contributed by atoms with Gasteiger partial charge in [-0.2, -0.15) is 0 Å². The molecule has 0 saturated carbocycles. The van der Waals surface area contributed by atoms with Crippen LogP contribution in [0.4, 0.5) is 11.4 Å². The first-order valence-corrected chi connectivity index (χ1v) is 12.6. The van der Waals surface area contributed by atoms with Crippen LogP contribution in [0.25, 0.3) is 0 Å². The van der Waals surface area contributed by atoms with Crippen LogP contribution in [0.5, 0.6) is 11.5 Å². The van der Waals surface area contributed by atoms with Crippen LogP contribution >= 0.6 is 12.2 Å². The van der Waals surface area contributed by atoms with Gasteiger partial charge in [-0.3, -0.25) is 0 Å². The first-order chi connectivity index (χ1) is 16.1. The van der Waals surface area contributed by atoms with Gasteiger partial charge in [0.1, 0.15) is 11.5 Å². The van der Waals surface area contributed by atoms with Gasteiger partial charge in [-0.05, 0) is 51.0 Å². The summed E-state index contributed by atoms with van der Waals surface area (Å²) in [7, 11) is 0. The van der Waals surface area contributed by atoms with Crippen LogP contribution in [0.3, 0.4) is 0 Å². The lowest BCUT2D eigenvalue weighted by Gasteiger charge is -2.39. The molecule has 170 valence electrons. The van der Waals surface area contributed by atoms with E-state index < -0.39 is 0 Å². The predicted molar refractivity (Wildman–Crippen MR) is 143 cm³/mol. The zero-order valence-corrected chi connectivity index (χ0v) is 20.8. The van der Waals surface area contributed by atoms with E-state index in [2.05, 4.69) is 98.2 Å². The standard InChI is InChI=1S/C29H32N2OS/c1-5-30(6-2)20-13-15-24-26(17-20)32-27-18-21(31(7-3)8-4)14-16-25(27)29(24)19-28(33)22-11-9-10-12-23(22)29/h9-18H,5-8,19H2,1-4H3. The number of rotatable bonds is 6. The Bertz CT molecular complexity index is 1150. The smallest absolute Gasteiger partial charge is 0.133 e. The van der Waals surface area contributed by atoms with Gasteiger partial charge in [0, 0.05) is 72.1 Å². The monoisotopic (exact) mass is 456 g/mol. The molecular weight excluding hydrogens is 424 g/mol. The summed E-state index contributed by atoms with van der Waals surface area (Å²) in [5.74, 6) is 1.89. The van der Waals surface area contributed by atoms with Crippen molar-refractivity contribution < 1.29 is 4.74 Å². The Morgan fingerprint density at radius 1 is 0.727 bits per heavy atom. The second kappa shape index (κ2) is 8.49. The number of benzene rings is 3. The molecule has 5 rings (SSSR count). The summed E-state index contributed by atoms with van der Waals surface area (Å²) in [6.07, 6.45) is 0.806. The molecule has 0 saturated heterocycles. The third-order valence-electron chi connectivity index (χ3n) is 7.44. The molecule has 2 aliphatic rings. The van der Waals surface area contributed by atoms with Crippen molar-refractivity contribution in [2.24, 2.45) is 0 Å². The minimum absolute atomic E-state index is 0.305. The molecule has 3 nitrogen and oxygen atoms in total. The second-order valence-corrected chi connectivity index (χ2v) is 9.35. The van der Waals surface area contributed by atoms with Crippen molar-refractivity contribution in [2.45, 2.75) is 39.5 Å². The fourth-order valence-corrected chi connectivity index (χ4v) is 6.14. The van der Waals surface area contributed by atoms with Crippen LogP contribution in [-0.2, 0) is 5.41 Å². The van der Waals surface area contributed by atoms with E-state index in [1.54, 1.807) is 0 Å². The van der Waals surface area contributed by atoms with Gasteiger partial charge < -0.3 is 14.5 Å². The molecule has 3 aromatic carbocycles. The zero-order chi connectivity index (χ0) is 23.2. The van der Waals surface area contributed by atoms with E-state index in [4.69, 9.17) is 17.0 Å². The van der Waals surface area contributed by atoms with Gasteiger partial charge in [-0.1, -0.05) is 48.6 Å². The van der Waals surface area contributed by atoms with E-state index in [0.29, 0.717) is 0 Å². The Balaban J connectivity index is 1.76. The number of fused-ring (bicyclic) bond motifs is 6. The normalized spacial score (nSPS) is 15.0. The van der Waals surface area contributed by atoms with Gasteiger partial charge in [0.05, 0.1) is 5.41 Å². The maximum absolute atomic E-state index is 6.68. The van der Waals surface area contributed by atoms with Crippen molar-refractivity contribution in [3.8, 4) is 11.5 Å². The van der Waals surface area contributed by atoms with E-state index >= 15 is 0 Å². The van der Waals surface area contributed by atoms with Crippen molar-refractivity contribution in [1.29, 1.82) is 0 Å². The molecule has 3 aromatic rings. The molecule has 4 heteroatoms. The second-order valence-electron chi connectivity index (χ2n) is 8.86. The average molecular weight is 457 g/mol. The summed E-state index contributed by atoms with van der Waals surface area (Å²) >= 11 is 5.94. The van der Waals surface area contributed by atoms with Gasteiger partial charge in [0.25, 0.3) is 0 Å². The summed E-state index contributed by atoms with van der Waals surface area (Å²) in [6, 6.07) is 22.1. The molecule has 0 amide bonds. The van der Waals surface area contributed by atoms with Crippen LogP contribution in [0.2, 0.25) is 0 Å². The van der Waals surface area contributed by atoms with Crippen molar-refractivity contribution in [3.05, 3.63) is 82.9 Å².